The number of likely N-dealkylation sites (tertiary alicyclic amines) is 1. The second-order valence-corrected chi connectivity index (χ2v) is 4.77. The summed E-state index contributed by atoms with van der Waals surface area (Å²) in [4.78, 5) is 2.24. The van der Waals surface area contributed by atoms with E-state index in [9.17, 15) is 0 Å². The lowest BCUT2D eigenvalue weighted by molar-refractivity contribution is 0.191. The summed E-state index contributed by atoms with van der Waals surface area (Å²) in [5.74, 6) is 1.37. The molecule has 1 fully saturated rings. The minimum Gasteiger partial charge on any atom is -0.354 e. The Balaban J connectivity index is 2.15. The van der Waals surface area contributed by atoms with E-state index in [4.69, 9.17) is 5.41 Å². The number of nitrogens with one attached hydrogen (secondary N) is 1. The smallest absolute Gasteiger partial charge is 0.128 e. The van der Waals surface area contributed by atoms with E-state index in [1.807, 2.05) is 30.3 Å². The largest absolute Gasteiger partial charge is 0.354 e. The summed E-state index contributed by atoms with van der Waals surface area (Å²) in [6.45, 7) is 5.55. The summed E-state index contributed by atoms with van der Waals surface area (Å²) in [7, 11) is 0. The lowest BCUT2D eigenvalue weighted by atomic mass is 9.91. The molecule has 86 valence electrons. The Morgan fingerprint density at radius 3 is 2.62 bits per heavy atom. The Morgan fingerprint density at radius 2 is 1.94 bits per heavy atom. The second kappa shape index (κ2) is 4.69. The molecule has 1 aromatic rings. The predicted octanol–water partition coefficient (Wildman–Crippen LogP) is 3.13. The van der Waals surface area contributed by atoms with Crippen LogP contribution in [0.3, 0.4) is 0 Å². The highest BCUT2D eigenvalue weighted by atomic mass is 15.2. The van der Waals surface area contributed by atoms with Gasteiger partial charge in [0.1, 0.15) is 5.84 Å². The number of nitrogens with zero attached hydrogens (tertiary/aromatic N) is 1. The molecule has 0 radical (unpaired) electrons. The third kappa shape index (κ3) is 2.11. The van der Waals surface area contributed by atoms with E-state index >= 15 is 0 Å². The van der Waals surface area contributed by atoms with Crippen LogP contribution in [-0.2, 0) is 0 Å². The molecule has 0 saturated carbocycles. The molecule has 16 heavy (non-hydrogen) atoms. The van der Waals surface area contributed by atoms with Gasteiger partial charge in [0.15, 0.2) is 0 Å². The van der Waals surface area contributed by atoms with Crippen LogP contribution in [0.1, 0.15) is 32.3 Å². The van der Waals surface area contributed by atoms with Gasteiger partial charge in [0.2, 0.25) is 0 Å². The van der Waals surface area contributed by atoms with Crippen molar-refractivity contribution < 1.29 is 0 Å². The van der Waals surface area contributed by atoms with Crippen LogP contribution in [0.4, 0.5) is 0 Å². The molecule has 0 amide bonds. The standard InChI is InChI=1S/C14H20N2/c1-11-7-6-10-16(12(11)2)14(15)13-8-4-3-5-9-13/h3-5,8-9,11-12,15H,6-7,10H2,1-2H3. The Morgan fingerprint density at radius 1 is 1.25 bits per heavy atom. The van der Waals surface area contributed by atoms with E-state index in [0.29, 0.717) is 17.8 Å². The zero-order valence-electron chi connectivity index (χ0n) is 10.1. The van der Waals surface area contributed by atoms with Gasteiger partial charge in [-0.15, -0.1) is 0 Å². The molecule has 2 rings (SSSR count). The quantitative estimate of drug-likeness (QED) is 0.566. The summed E-state index contributed by atoms with van der Waals surface area (Å²) >= 11 is 0. The van der Waals surface area contributed by atoms with Gasteiger partial charge in [-0.1, -0.05) is 37.3 Å². The van der Waals surface area contributed by atoms with Crippen LogP contribution >= 0.6 is 0 Å². The van der Waals surface area contributed by atoms with E-state index in [2.05, 4.69) is 18.7 Å². The van der Waals surface area contributed by atoms with Gasteiger partial charge in [-0.05, 0) is 25.7 Å². The molecule has 2 unspecified atom stereocenters. The molecular weight excluding hydrogens is 196 g/mol. The maximum absolute atomic E-state index is 8.27. The number of rotatable bonds is 1. The molecule has 1 aliphatic rings. The van der Waals surface area contributed by atoms with Crippen molar-refractivity contribution in [3.05, 3.63) is 35.9 Å². The number of piperidine rings is 1. The predicted molar refractivity (Wildman–Crippen MR) is 67.8 cm³/mol. The van der Waals surface area contributed by atoms with Crippen LogP contribution in [0, 0.1) is 11.3 Å². The monoisotopic (exact) mass is 216 g/mol. The van der Waals surface area contributed by atoms with Crippen LogP contribution in [0.25, 0.3) is 0 Å². The van der Waals surface area contributed by atoms with Crippen molar-refractivity contribution in [2.24, 2.45) is 5.92 Å². The van der Waals surface area contributed by atoms with Gasteiger partial charge in [0.05, 0.1) is 0 Å². The molecule has 2 atom stereocenters. The van der Waals surface area contributed by atoms with Gasteiger partial charge in [-0.2, -0.15) is 0 Å². The topological polar surface area (TPSA) is 27.1 Å². The number of amidine groups is 1. The zero-order chi connectivity index (χ0) is 11.5. The van der Waals surface area contributed by atoms with Gasteiger partial charge in [-0.25, -0.2) is 0 Å². The van der Waals surface area contributed by atoms with E-state index < -0.39 is 0 Å². The molecular formula is C14H20N2. The number of benzene rings is 1. The third-order valence-corrected chi connectivity index (χ3v) is 3.71. The normalized spacial score (nSPS) is 25.5. The lowest BCUT2D eigenvalue weighted by Crippen LogP contribution is -2.46. The molecule has 0 aromatic heterocycles. The zero-order valence-corrected chi connectivity index (χ0v) is 10.1. The second-order valence-electron chi connectivity index (χ2n) is 4.77. The summed E-state index contributed by atoms with van der Waals surface area (Å²) in [6, 6.07) is 10.5. The molecule has 1 aliphatic heterocycles. The molecule has 0 spiro atoms. The van der Waals surface area contributed by atoms with E-state index in [-0.39, 0.29) is 0 Å². The first kappa shape index (κ1) is 11.2. The first-order valence-electron chi connectivity index (χ1n) is 6.10. The summed E-state index contributed by atoms with van der Waals surface area (Å²) < 4.78 is 0. The van der Waals surface area contributed by atoms with Gasteiger partial charge in [0, 0.05) is 18.2 Å². The first-order valence-corrected chi connectivity index (χ1v) is 6.10. The molecule has 0 aliphatic carbocycles. The van der Waals surface area contributed by atoms with E-state index in [1.165, 1.54) is 12.8 Å². The molecule has 1 N–H and O–H groups in total. The first-order chi connectivity index (χ1) is 7.70. The Labute approximate surface area is 97.8 Å². The van der Waals surface area contributed by atoms with Gasteiger partial charge >= 0.3 is 0 Å². The maximum atomic E-state index is 8.27. The summed E-state index contributed by atoms with van der Waals surface area (Å²) in [6.07, 6.45) is 2.50. The molecule has 1 saturated heterocycles. The minimum absolute atomic E-state index is 0.487. The van der Waals surface area contributed by atoms with Gasteiger partial charge < -0.3 is 4.90 Å². The van der Waals surface area contributed by atoms with Crippen LogP contribution in [0.15, 0.2) is 30.3 Å². The molecule has 0 bridgehead atoms. The van der Waals surface area contributed by atoms with Crippen molar-refractivity contribution in [3.8, 4) is 0 Å². The average Bonchev–Trinajstić information content (AvgIpc) is 2.33. The van der Waals surface area contributed by atoms with Crippen LogP contribution in [0.2, 0.25) is 0 Å². The Kier molecular flexibility index (Phi) is 3.28. The highest BCUT2D eigenvalue weighted by Gasteiger charge is 2.26. The van der Waals surface area contributed by atoms with Crippen LogP contribution < -0.4 is 0 Å². The fourth-order valence-electron chi connectivity index (χ4n) is 2.41. The van der Waals surface area contributed by atoms with Gasteiger partial charge in [0.25, 0.3) is 0 Å². The molecule has 1 aromatic carbocycles. The number of hydrogen-bond donors (Lipinski definition) is 1. The Bertz CT molecular complexity index is 358. The fourth-order valence-corrected chi connectivity index (χ4v) is 2.41. The lowest BCUT2D eigenvalue weighted by Gasteiger charge is -2.39. The number of hydrogen-bond acceptors (Lipinski definition) is 1. The SMILES string of the molecule is CC1CCCN(C(=N)c2ccccc2)C1C. The van der Waals surface area contributed by atoms with Crippen molar-refractivity contribution in [1.29, 1.82) is 5.41 Å². The van der Waals surface area contributed by atoms with E-state index in [0.717, 1.165) is 12.1 Å². The van der Waals surface area contributed by atoms with E-state index in [1.54, 1.807) is 0 Å². The Hall–Kier alpha value is -1.31. The maximum Gasteiger partial charge on any atom is 0.128 e. The highest BCUT2D eigenvalue weighted by molar-refractivity contribution is 5.96. The molecule has 2 heteroatoms. The van der Waals surface area contributed by atoms with Crippen molar-refractivity contribution in [2.75, 3.05) is 6.54 Å². The van der Waals surface area contributed by atoms with Crippen molar-refractivity contribution in [3.63, 3.8) is 0 Å². The highest BCUT2D eigenvalue weighted by Crippen LogP contribution is 2.24. The van der Waals surface area contributed by atoms with Crippen molar-refractivity contribution >= 4 is 5.84 Å². The third-order valence-electron chi connectivity index (χ3n) is 3.71. The molecule has 2 nitrogen and oxygen atoms in total. The summed E-state index contributed by atoms with van der Waals surface area (Å²) in [5, 5.41) is 8.27. The van der Waals surface area contributed by atoms with Crippen molar-refractivity contribution in [2.45, 2.75) is 32.7 Å². The van der Waals surface area contributed by atoms with Gasteiger partial charge in [-0.3, -0.25) is 5.41 Å². The minimum atomic E-state index is 0.487. The molecule has 1 heterocycles. The fraction of sp³-hybridized carbons (Fsp3) is 0.500. The summed E-state index contributed by atoms with van der Waals surface area (Å²) in [5.41, 5.74) is 1.03. The van der Waals surface area contributed by atoms with Crippen molar-refractivity contribution in [1.82, 2.24) is 4.90 Å². The average molecular weight is 216 g/mol. The van der Waals surface area contributed by atoms with Crippen LogP contribution in [0.5, 0.6) is 0 Å². The van der Waals surface area contributed by atoms with Crippen LogP contribution in [-0.4, -0.2) is 23.3 Å².